The van der Waals surface area contributed by atoms with E-state index in [2.05, 4.69) is 56.9 Å². The van der Waals surface area contributed by atoms with E-state index in [4.69, 9.17) is 0 Å². The fourth-order valence-electron chi connectivity index (χ4n) is 6.39. The van der Waals surface area contributed by atoms with Crippen LogP contribution in [0.5, 0.6) is 0 Å². The molecule has 209 valence electrons. The summed E-state index contributed by atoms with van der Waals surface area (Å²) in [5, 5.41) is 10.9. The summed E-state index contributed by atoms with van der Waals surface area (Å²) in [6, 6.07) is 25.5. The second-order valence-corrected chi connectivity index (χ2v) is 10.9. The van der Waals surface area contributed by atoms with Crippen LogP contribution >= 0.6 is 0 Å². The zero-order chi connectivity index (χ0) is 27.2. The molecular weight excluding hydrogens is 659 g/mol. The Hall–Kier alpha value is -2.55. The Labute approximate surface area is 248 Å². The Kier molecular flexibility index (Phi) is 10.9. The first-order valence-corrected chi connectivity index (χ1v) is 14.4. The fraction of sp³-hybridized carbons (Fsp3) is 0.429. The fourth-order valence-corrected chi connectivity index (χ4v) is 6.39. The minimum atomic E-state index is -0.204. The number of hydrogen-bond donors (Lipinski definition) is 1. The van der Waals surface area contributed by atoms with Gasteiger partial charge in [-0.2, -0.15) is 0 Å². The zero-order valence-corrected chi connectivity index (χ0v) is 26.2. The number of benzene rings is 2. The Morgan fingerprint density at radius 2 is 1.44 bits per heavy atom. The van der Waals surface area contributed by atoms with Gasteiger partial charge in [-0.25, -0.2) is 0 Å². The number of aromatic nitrogens is 1. The van der Waals surface area contributed by atoms with E-state index in [1.165, 1.54) is 5.56 Å². The molecule has 1 N–H and O–H groups in total. The number of ketones is 1. The molecule has 39 heavy (non-hydrogen) atoms. The van der Waals surface area contributed by atoms with Crippen molar-refractivity contribution in [1.82, 2.24) is 4.98 Å². The number of pyridine rings is 1. The molecule has 1 unspecified atom stereocenters. The molecule has 0 bridgehead atoms. The molecule has 1 fully saturated rings. The van der Waals surface area contributed by atoms with Crippen molar-refractivity contribution in [3.05, 3.63) is 90.3 Å². The first-order valence-electron chi connectivity index (χ1n) is 14.4. The van der Waals surface area contributed by atoms with Crippen molar-refractivity contribution in [2.75, 3.05) is 0 Å². The maximum atomic E-state index is 13.1. The van der Waals surface area contributed by atoms with Crippen molar-refractivity contribution < 1.29 is 30.0 Å². The molecule has 1 saturated carbocycles. The quantitative estimate of drug-likeness (QED) is 0.261. The second-order valence-electron chi connectivity index (χ2n) is 10.9. The molecule has 1 atom stereocenters. The number of Topliss-reactive ketones (excluding diaryl/α,β-unsaturated/α-hetero) is 1. The van der Waals surface area contributed by atoms with Crippen molar-refractivity contribution in [2.24, 2.45) is 16.7 Å². The SMILES string of the molecule is CCC1(CC)CCC2CCC(CC)(CC)C(O)=C2C1=O.[Ir].[c-]1ccccc1-c1ccc(-c2ccccc2)cn1. The van der Waals surface area contributed by atoms with Gasteiger partial charge in [0.25, 0.3) is 0 Å². The molecule has 1 aromatic heterocycles. The Balaban J connectivity index is 0.000000211. The van der Waals surface area contributed by atoms with Gasteiger partial charge >= 0.3 is 0 Å². The normalized spacial score (nSPS) is 19.3. The largest absolute Gasteiger partial charge is 0.511 e. The molecular formula is C35H42IrNO2-. The summed E-state index contributed by atoms with van der Waals surface area (Å²) in [4.78, 5) is 17.6. The van der Waals surface area contributed by atoms with Crippen molar-refractivity contribution in [1.29, 1.82) is 0 Å². The molecule has 2 aliphatic rings. The topological polar surface area (TPSA) is 50.2 Å². The predicted molar refractivity (Wildman–Crippen MR) is 157 cm³/mol. The molecule has 5 rings (SSSR count). The van der Waals surface area contributed by atoms with Gasteiger partial charge < -0.3 is 10.1 Å². The van der Waals surface area contributed by atoms with Gasteiger partial charge in [-0.1, -0.05) is 70.2 Å². The first kappa shape index (κ1) is 31.0. The molecule has 3 nitrogen and oxygen atoms in total. The van der Waals surface area contributed by atoms with E-state index >= 15 is 0 Å². The number of allylic oxidation sites excluding steroid dienone is 2. The molecule has 1 radical (unpaired) electrons. The molecule has 1 heterocycles. The number of nitrogens with zero attached hydrogens (tertiary/aromatic N) is 1. The second kappa shape index (κ2) is 13.7. The average Bonchev–Trinajstić information content (AvgIpc) is 2.99. The summed E-state index contributed by atoms with van der Waals surface area (Å²) in [7, 11) is 0. The van der Waals surface area contributed by atoms with E-state index in [1.54, 1.807) is 0 Å². The summed E-state index contributed by atoms with van der Waals surface area (Å²) in [5.41, 5.74) is 4.78. The van der Waals surface area contributed by atoms with Crippen LogP contribution in [0.1, 0.15) is 79.1 Å². The van der Waals surface area contributed by atoms with Crippen molar-refractivity contribution in [3.8, 4) is 22.4 Å². The monoisotopic (exact) mass is 701 g/mol. The number of hydrogen-bond acceptors (Lipinski definition) is 3. The molecule has 0 aliphatic heterocycles. The van der Waals surface area contributed by atoms with E-state index in [1.807, 2.05) is 54.7 Å². The van der Waals surface area contributed by atoms with Crippen LogP contribution in [0.15, 0.2) is 84.3 Å². The molecule has 4 heteroatoms. The minimum absolute atomic E-state index is 0. The third-order valence-electron chi connectivity index (χ3n) is 9.40. The maximum absolute atomic E-state index is 13.1. The number of aliphatic hydroxyl groups is 1. The number of carbonyl (C=O) groups excluding carboxylic acids is 1. The van der Waals surface area contributed by atoms with Crippen LogP contribution in [0.25, 0.3) is 22.4 Å². The molecule has 2 aromatic carbocycles. The smallest absolute Gasteiger partial charge is 0.168 e. The molecule has 0 spiro atoms. The molecule has 2 aliphatic carbocycles. The van der Waals surface area contributed by atoms with Gasteiger partial charge in [-0.15, -0.1) is 35.9 Å². The summed E-state index contributed by atoms with van der Waals surface area (Å²) in [5.74, 6) is 1.04. The van der Waals surface area contributed by atoms with Crippen LogP contribution in [-0.2, 0) is 24.9 Å². The van der Waals surface area contributed by atoms with E-state index in [-0.39, 0.29) is 36.7 Å². The van der Waals surface area contributed by atoms with Gasteiger partial charge in [-0.3, -0.25) is 4.79 Å². The third-order valence-corrected chi connectivity index (χ3v) is 9.40. The molecule has 3 aromatic rings. The van der Waals surface area contributed by atoms with Crippen LogP contribution in [0.3, 0.4) is 0 Å². The van der Waals surface area contributed by atoms with Crippen LogP contribution in [0.4, 0.5) is 0 Å². The van der Waals surface area contributed by atoms with Crippen molar-refractivity contribution in [2.45, 2.75) is 79.1 Å². The minimum Gasteiger partial charge on any atom is -0.511 e. The number of aliphatic hydroxyl groups excluding tert-OH is 1. The van der Waals surface area contributed by atoms with E-state index in [0.29, 0.717) is 11.7 Å². The Morgan fingerprint density at radius 1 is 0.821 bits per heavy atom. The van der Waals surface area contributed by atoms with Crippen LogP contribution in [-0.4, -0.2) is 15.9 Å². The average molecular weight is 701 g/mol. The van der Waals surface area contributed by atoms with E-state index in [0.717, 1.165) is 73.8 Å². The number of fused-ring (bicyclic) bond motifs is 1. The standard InChI is InChI=1S/C18H30O2.C17H12N.Ir/c1-5-17(6-2)11-9-13-10-12-18(7-3,8-4)16(20)14(13)15(17)19;1-3-7-14(8-4-1)16-11-12-17(18-13-16)15-9-5-2-6-10-15;/h13,19H,5-12H2,1-4H3;1-9,11-13H;/q;-1;. The summed E-state index contributed by atoms with van der Waals surface area (Å²) < 4.78 is 0. The van der Waals surface area contributed by atoms with Gasteiger partial charge in [-0.05, 0) is 74.1 Å². The third kappa shape index (κ3) is 6.28. The van der Waals surface area contributed by atoms with Crippen LogP contribution < -0.4 is 0 Å². The van der Waals surface area contributed by atoms with Gasteiger partial charge in [0, 0.05) is 42.7 Å². The Morgan fingerprint density at radius 3 is 1.97 bits per heavy atom. The van der Waals surface area contributed by atoms with Gasteiger partial charge in [0.15, 0.2) is 5.78 Å². The van der Waals surface area contributed by atoms with Crippen LogP contribution in [0, 0.1) is 22.8 Å². The maximum Gasteiger partial charge on any atom is 0.168 e. The first-order chi connectivity index (χ1) is 18.4. The predicted octanol–water partition coefficient (Wildman–Crippen LogP) is 9.40. The van der Waals surface area contributed by atoms with E-state index in [9.17, 15) is 9.90 Å². The Bertz CT molecular complexity index is 1170. The van der Waals surface area contributed by atoms with Crippen LogP contribution in [0.2, 0.25) is 0 Å². The summed E-state index contributed by atoms with van der Waals surface area (Å²) >= 11 is 0. The van der Waals surface area contributed by atoms with Crippen molar-refractivity contribution in [3.63, 3.8) is 0 Å². The van der Waals surface area contributed by atoms with Gasteiger partial charge in [0.05, 0.1) is 0 Å². The molecule has 0 amide bonds. The van der Waals surface area contributed by atoms with E-state index < -0.39 is 0 Å². The zero-order valence-electron chi connectivity index (χ0n) is 23.8. The number of carbonyl (C=O) groups is 1. The van der Waals surface area contributed by atoms with Gasteiger partial charge in [0.1, 0.15) is 5.76 Å². The van der Waals surface area contributed by atoms with Crippen molar-refractivity contribution >= 4 is 5.78 Å². The molecule has 0 saturated heterocycles. The summed E-state index contributed by atoms with van der Waals surface area (Å²) in [6.07, 6.45) is 9.78. The van der Waals surface area contributed by atoms with Gasteiger partial charge in [0.2, 0.25) is 0 Å². The summed E-state index contributed by atoms with van der Waals surface area (Å²) in [6.45, 7) is 8.52. The number of rotatable bonds is 6.